The third-order valence-electron chi connectivity index (χ3n) is 4.02. The molecular weight excluding hydrogens is 519 g/mol. The van der Waals surface area contributed by atoms with E-state index in [1.54, 1.807) is 33.8 Å². The van der Waals surface area contributed by atoms with E-state index < -0.39 is 0 Å². The van der Waals surface area contributed by atoms with Crippen molar-refractivity contribution in [3.05, 3.63) is 65.0 Å². The summed E-state index contributed by atoms with van der Waals surface area (Å²) >= 11 is 5.22. The highest BCUT2D eigenvalue weighted by atomic mass is 32.2. The molecule has 3 N–H and O–H groups in total. The first-order valence-corrected chi connectivity index (χ1v) is 14.2. The summed E-state index contributed by atoms with van der Waals surface area (Å²) in [6.45, 7) is 9.95. The number of thiophene rings is 1. The van der Waals surface area contributed by atoms with Crippen LogP contribution in [-0.4, -0.2) is 22.5 Å². The van der Waals surface area contributed by atoms with Crippen molar-refractivity contribution in [2.24, 2.45) is 0 Å². The van der Waals surface area contributed by atoms with Crippen LogP contribution in [0.15, 0.2) is 63.0 Å². The molecule has 0 spiro atoms. The number of hydrogen-bond acceptors (Lipinski definition) is 11. The summed E-state index contributed by atoms with van der Waals surface area (Å²) in [5.41, 5.74) is 7.41. The van der Waals surface area contributed by atoms with E-state index in [4.69, 9.17) is 0 Å². The van der Waals surface area contributed by atoms with Crippen LogP contribution in [0, 0.1) is 18.3 Å². The number of nitriles is 1. The molecule has 35 heavy (non-hydrogen) atoms. The Labute approximate surface area is 225 Å². The average molecular weight is 550 g/mol. The topological polar surface area (TPSA) is 91.6 Å². The van der Waals surface area contributed by atoms with Crippen molar-refractivity contribution in [3.8, 4) is 6.07 Å². The standard InChI is InChI=1S/C20H19N5O2S4.2C2H6/c1-14-10-16(6-8-19(14)24(2)29-13-26)31-25(27)22-17-7-5-15(12-21)11-18(17)23-30-20-4-3-9-28-20;2*1-2/h3-11,13,22-23,27H,1-2H3;2*1-2H3. The second-order valence-electron chi connectivity index (χ2n) is 6.13. The molecule has 7 nitrogen and oxygen atoms in total. The molecule has 0 radical (unpaired) electrons. The van der Waals surface area contributed by atoms with E-state index in [9.17, 15) is 15.3 Å². The van der Waals surface area contributed by atoms with Crippen molar-refractivity contribution in [2.45, 2.75) is 43.7 Å². The third-order valence-corrected chi connectivity index (χ3v) is 7.21. The van der Waals surface area contributed by atoms with Gasteiger partial charge in [-0.3, -0.25) is 15.4 Å². The number of benzene rings is 2. The normalized spacial score (nSPS) is 9.69. The van der Waals surface area contributed by atoms with Gasteiger partial charge in [-0.1, -0.05) is 33.8 Å². The van der Waals surface area contributed by atoms with Gasteiger partial charge in [0.1, 0.15) is 0 Å². The monoisotopic (exact) mass is 549 g/mol. The summed E-state index contributed by atoms with van der Waals surface area (Å²) < 4.78 is 7.01. The van der Waals surface area contributed by atoms with E-state index in [1.165, 1.54) is 11.9 Å². The van der Waals surface area contributed by atoms with E-state index in [1.807, 2.05) is 77.4 Å². The molecule has 11 heteroatoms. The van der Waals surface area contributed by atoms with Crippen LogP contribution in [0.4, 0.5) is 17.1 Å². The minimum atomic E-state index is 0.514. The second-order valence-corrected chi connectivity index (χ2v) is 10.1. The molecule has 0 bridgehead atoms. The molecule has 0 atom stereocenters. The Kier molecular flexibility index (Phi) is 15.0. The highest BCUT2D eigenvalue weighted by Gasteiger charge is 2.12. The Hall–Kier alpha value is -2.33. The van der Waals surface area contributed by atoms with Crippen LogP contribution < -0.4 is 14.5 Å². The highest BCUT2D eigenvalue weighted by molar-refractivity contribution is 8.13. The highest BCUT2D eigenvalue weighted by Crippen LogP contribution is 2.33. The summed E-state index contributed by atoms with van der Waals surface area (Å²) in [4.78, 5) is 11.5. The average Bonchev–Trinajstić information content (AvgIpc) is 3.40. The maximum atomic E-state index is 10.7. The van der Waals surface area contributed by atoms with Gasteiger partial charge >= 0.3 is 0 Å². The number of rotatable bonds is 10. The van der Waals surface area contributed by atoms with E-state index in [0.717, 1.165) is 54.4 Å². The van der Waals surface area contributed by atoms with Gasteiger partial charge < -0.3 is 9.03 Å². The van der Waals surface area contributed by atoms with Crippen molar-refractivity contribution in [3.63, 3.8) is 0 Å². The Morgan fingerprint density at radius 3 is 2.43 bits per heavy atom. The lowest BCUT2D eigenvalue weighted by atomic mass is 10.2. The molecule has 3 aromatic rings. The first-order valence-electron chi connectivity index (χ1n) is 10.9. The SMILES string of the molecule is CC.CC.Cc1cc(SN(O)Nc2ccc(C#N)cc2NSc2cccs2)ccc1N(C)SC=O. The van der Waals surface area contributed by atoms with Crippen molar-refractivity contribution in [1.82, 2.24) is 4.58 Å². The largest absolute Gasteiger partial charge is 0.323 e. The van der Waals surface area contributed by atoms with Crippen LogP contribution in [0.1, 0.15) is 38.8 Å². The van der Waals surface area contributed by atoms with Gasteiger partial charge in [0.2, 0.25) is 0 Å². The van der Waals surface area contributed by atoms with Gasteiger partial charge in [0, 0.05) is 35.8 Å². The zero-order valence-electron chi connectivity index (χ0n) is 20.6. The van der Waals surface area contributed by atoms with Crippen LogP contribution in [0.25, 0.3) is 0 Å². The first kappa shape index (κ1) is 30.7. The van der Waals surface area contributed by atoms with Crippen LogP contribution >= 0.6 is 47.2 Å². The summed E-state index contributed by atoms with van der Waals surface area (Å²) in [5, 5.41) is 21.6. The summed E-state index contributed by atoms with van der Waals surface area (Å²) in [7, 11) is 1.82. The summed E-state index contributed by atoms with van der Waals surface area (Å²) in [6.07, 6.45) is 0. The number of hydrazine groups is 1. The van der Waals surface area contributed by atoms with Gasteiger partial charge in [0.05, 0.1) is 32.9 Å². The predicted molar refractivity (Wildman–Crippen MR) is 155 cm³/mol. The van der Waals surface area contributed by atoms with Crippen LogP contribution in [-0.2, 0) is 4.79 Å². The second kappa shape index (κ2) is 17.2. The molecule has 0 aliphatic heterocycles. The van der Waals surface area contributed by atoms with Crippen LogP contribution in [0.3, 0.4) is 0 Å². The molecule has 0 aliphatic carbocycles. The fourth-order valence-electron chi connectivity index (χ4n) is 2.61. The molecule has 0 amide bonds. The molecule has 2 aromatic carbocycles. The molecule has 0 fully saturated rings. The number of hydrogen-bond donors (Lipinski definition) is 3. The van der Waals surface area contributed by atoms with Crippen molar-refractivity contribution in [1.29, 1.82) is 5.26 Å². The minimum Gasteiger partial charge on any atom is -0.323 e. The van der Waals surface area contributed by atoms with Gasteiger partial charge in [0.15, 0.2) is 5.62 Å². The first-order chi connectivity index (χ1) is 17.0. The predicted octanol–water partition coefficient (Wildman–Crippen LogP) is 8.10. The van der Waals surface area contributed by atoms with Gasteiger partial charge in [-0.25, -0.2) is 0 Å². The lowest BCUT2D eigenvalue weighted by molar-refractivity contribution is 0.0439. The molecule has 188 valence electrons. The van der Waals surface area contributed by atoms with E-state index >= 15 is 0 Å². The Morgan fingerprint density at radius 1 is 1.09 bits per heavy atom. The quantitative estimate of drug-likeness (QED) is 0.131. The van der Waals surface area contributed by atoms with Crippen molar-refractivity contribution < 1.29 is 10.0 Å². The summed E-state index contributed by atoms with van der Waals surface area (Å²) in [5.74, 6) is 0. The maximum Gasteiger partial charge on any atom is 0.196 e. The van der Waals surface area contributed by atoms with Gasteiger partial charge in [0.25, 0.3) is 0 Å². The number of nitrogens with one attached hydrogen (secondary N) is 2. The smallest absolute Gasteiger partial charge is 0.196 e. The fraction of sp³-hybridized carbons (Fsp3) is 0.250. The Balaban J connectivity index is 0.00000145. The molecule has 0 saturated carbocycles. The Bertz CT molecular complexity index is 1070. The van der Waals surface area contributed by atoms with Crippen molar-refractivity contribution >= 4 is 69.9 Å². The molecule has 1 heterocycles. The molecule has 3 rings (SSSR count). The minimum absolute atomic E-state index is 0.514. The molecule has 0 aliphatic rings. The van der Waals surface area contributed by atoms with Crippen molar-refractivity contribution in [2.75, 3.05) is 21.5 Å². The third kappa shape index (κ3) is 10.0. The number of aryl methyl sites for hydroxylation is 1. The molecule has 0 unspecified atom stereocenters. The molecular formula is C24H31N5O2S4. The molecule has 1 aromatic heterocycles. The lowest BCUT2D eigenvalue weighted by Crippen LogP contribution is -2.19. The van der Waals surface area contributed by atoms with Gasteiger partial charge in [-0.15, -0.1) is 11.3 Å². The number of carbonyl (C=O) groups excluding carboxylic acids is 1. The van der Waals surface area contributed by atoms with Gasteiger partial charge in [-0.2, -0.15) is 5.26 Å². The molecule has 0 saturated heterocycles. The lowest BCUT2D eigenvalue weighted by Gasteiger charge is -2.20. The van der Waals surface area contributed by atoms with E-state index in [-0.39, 0.29) is 0 Å². The van der Waals surface area contributed by atoms with Gasteiger partial charge in [-0.05, 0) is 76.9 Å². The summed E-state index contributed by atoms with van der Waals surface area (Å²) in [6, 6.07) is 16.9. The van der Waals surface area contributed by atoms with Crippen LogP contribution in [0.5, 0.6) is 0 Å². The zero-order valence-corrected chi connectivity index (χ0v) is 23.9. The van der Waals surface area contributed by atoms with E-state index in [0.29, 0.717) is 16.9 Å². The van der Waals surface area contributed by atoms with Crippen LogP contribution in [0.2, 0.25) is 0 Å². The number of anilines is 3. The fourth-order valence-corrected chi connectivity index (χ4v) is 5.22. The van der Waals surface area contributed by atoms with E-state index in [2.05, 4.69) is 16.2 Å². The maximum absolute atomic E-state index is 10.7. The Morgan fingerprint density at radius 2 is 1.83 bits per heavy atom. The number of carbonyl (C=O) groups is 1. The zero-order chi connectivity index (χ0) is 26.2. The number of nitrogens with zero attached hydrogens (tertiary/aromatic N) is 3.